The third-order valence-electron chi connectivity index (χ3n) is 4.47. The monoisotopic (exact) mass is 406 g/mol. The molecule has 0 saturated carbocycles. The number of benzene rings is 2. The Labute approximate surface area is 173 Å². The van der Waals surface area contributed by atoms with Crippen molar-refractivity contribution in [1.82, 2.24) is 14.8 Å². The molecule has 4 aromatic rings. The van der Waals surface area contributed by atoms with Crippen LogP contribution in [-0.4, -0.2) is 20.7 Å². The summed E-state index contributed by atoms with van der Waals surface area (Å²) in [6, 6.07) is 14.3. The van der Waals surface area contributed by atoms with E-state index < -0.39 is 0 Å². The van der Waals surface area contributed by atoms with E-state index in [9.17, 15) is 4.79 Å². The SMILES string of the molecule is Cc1cnn(Cc2nc(-c3ccc(NC(=O)c4ccccc4Cl)cc3)oc2C)c1. The van der Waals surface area contributed by atoms with Gasteiger partial charge in [0, 0.05) is 17.4 Å². The van der Waals surface area contributed by atoms with E-state index >= 15 is 0 Å². The van der Waals surface area contributed by atoms with Crippen LogP contribution in [0.15, 0.2) is 65.3 Å². The summed E-state index contributed by atoms with van der Waals surface area (Å²) in [6.07, 6.45) is 3.77. The van der Waals surface area contributed by atoms with Crippen LogP contribution in [0.5, 0.6) is 0 Å². The molecule has 29 heavy (non-hydrogen) atoms. The number of halogens is 1. The van der Waals surface area contributed by atoms with Gasteiger partial charge in [0.2, 0.25) is 5.89 Å². The molecule has 0 atom stereocenters. The smallest absolute Gasteiger partial charge is 0.257 e. The van der Waals surface area contributed by atoms with E-state index in [0.29, 0.717) is 28.7 Å². The highest BCUT2D eigenvalue weighted by Gasteiger charge is 2.13. The fourth-order valence-corrected chi connectivity index (χ4v) is 3.17. The van der Waals surface area contributed by atoms with Crippen molar-refractivity contribution in [2.75, 3.05) is 5.32 Å². The molecule has 0 bridgehead atoms. The molecule has 0 fully saturated rings. The molecule has 6 nitrogen and oxygen atoms in total. The average Bonchev–Trinajstić information content (AvgIpc) is 3.28. The molecule has 0 unspecified atom stereocenters. The first-order valence-corrected chi connectivity index (χ1v) is 9.49. The lowest BCUT2D eigenvalue weighted by Gasteiger charge is -2.07. The number of rotatable bonds is 5. The predicted octanol–water partition coefficient (Wildman–Crippen LogP) is 5.11. The van der Waals surface area contributed by atoms with Gasteiger partial charge in [0.1, 0.15) is 11.5 Å². The van der Waals surface area contributed by atoms with Crippen molar-refractivity contribution < 1.29 is 9.21 Å². The number of hydrogen-bond donors (Lipinski definition) is 1. The molecular weight excluding hydrogens is 388 g/mol. The van der Waals surface area contributed by atoms with Gasteiger partial charge < -0.3 is 9.73 Å². The molecule has 2 aromatic heterocycles. The van der Waals surface area contributed by atoms with Crippen LogP contribution in [0.25, 0.3) is 11.5 Å². The van der Waals surface area contributed by atoms with Gasteiger partial charge in [-0.3, -0.25) is 9.48 Å². The maximum atomic E-state index is 12.4. The van der Waals surface area contributed by atoms with Gasteiger partial charge in [0.15, 0.2) is 0 Å². The number of oxazole rings is 1. The summed E-state index contributed by atoms with van der Waals surface area (Å²) < 4.78 is 7.66. The number of carbonyl (C=O) groups excluding carboxylic acids is 1. The van der Waals surface area contributed by atoms with Gasteiger partial charge in [-0.2, -0.15) is 5.10 Å². The van der Waals surface area contributed by atoms with Crippen molar-refractivity contribution >= 4 is 23.2 Å². The van der Waals surface area contributed by atoms with E-state index in [1.54, 1.807) is 36.4 Å². The van der Waals surface area contributed by atoms with E-state index in [-0.39, 0.29) is 5.91 Å². The molecule has 0 aliphatic rings. The van der Waals surface area contributed by atoms with E-state index in [1.807, 2.05) is 43.1 Å². The topological polar surface area (TPSA) is 73.0 Å². The lowest BCUT2D eigenvalue weighted by molar-refractivity contribution is 0.102. The summed E-state index contributed by atoms with van der Waals surface area (Å²) >= 11 is 6.08. The van der Waals surface area contributed by atoms with E-state index in [2.05, 4.69) is 15.4 Å². The maximum Gasteiger partial charge on any atom is 0.257 e. The molecule has 0 saturated heterocycles. The summed E-state index contributed by atoms with van der Waals surface area (Å²) in [5.74, 6) is 1.03. The number of anilines is 1. The minimum absolute atomic E-state index is 0.257. The number of amides is 1. The van der Waals surface area contributed by atoms with Gasteiger partial charge in [0.05, 0.1) is 23.3 Å². The largest absolute Gasteiger partial charge is 0.441 e. The summed E-state index contributed by atoms with van der Waals surface area (Å²) in [7, 11) is 0. The number of carbonyl (C=O) groups is 1. The van der Waals surface area contributed by atoms with Gasteiger partial charge in [-0.25, -0.2) is 4.98 Å². The number of nitrogens with one attached hydrogen (secondary N) is 1. The highest BCUT2D eigenvalue weighted by molar-refractivity contribution is 6.34. The molecule has 1 amide bonds. The van der Waals surface area contributed by atoms with Crippen LogP contribution >= 0.6 is 11.6 Å². The van der Waals surface area contributed by atoms with Crippen molar-refractivity contribution in [3.8, 4) is 11.5 Å². The Hall–Kier alpha value is -3.38. The molecular formula is C22H19ClN4O2. The van der Waals surface area contributed by atoms with Gasteiger partial charge in [-0.05, 0) is 55.8 Å². The molecule has 0 radical (unpaired) electrons. The Morgan fingerprint density at radius 3 is 2.59 bits per heavy atom. The van der Waals surface area contributed by atoms with Crippen molar-refractivity contribution in [2.24, 2.45) is 0 Å². The van der Waals surface area contributed by atoms with Crippen LogP contribution in [0.2, 0.25) is 5.02 Å². The second kappa shape index (κ2) is 7.93. The molecule has 0 spiro atoms. The fraction of sp³-hybridized carbons (Fsp3) is 0.136. The van der Waals surface area contributed by atoms with E-state index in [4.69, 9.17) is 16.0 Å². The Morgan fingerprint density at radius 2 is 1.90 bits per heavy atom. The van der Waals surface area contributed by atoms with Gasteiger partial charge in [-0.15, -0.1) is 0 Å². The highest BCUT2D eigenvalue weighted by Crippen LogP contribution is 2.24. The predicted molar refractivity (Wildman–Crippen MR) is 112 cm³/mol. The molecule has 146 valence electrons. The van der Waals surface area contributed by atoms with Gasteiger partial charge in [-0.1, -0.05) is 23.7 Å². The van der Waals surface area contributed by atoms with Crippen molar-refractivity contribution in [3.05, 3.63) is 88.5 Å². The fourth-order valence-electron chi connectivity index (χ4n) is 2.94. The van der Waals surface area contributed by atoms with Crippen LogP contribution < -0.4 is 5.32 Å². The first kappa shape index (κ1) is 19.0. The summed E-state index contributed by atoms with van der Waals surface area (Å²) in [5, 5.41) is 7.55. The Balaban J connectivity index is 1.49. The average molecular weight is 407 g/mol. The third-order valence-corrected chi connectivity index (χ3v) is 4.80. The zero-order valence-electron chi connectivity index (χ0n) is 16.0. The molecule has 2 aromatic carbocycles. The Bertz CT molecular complexity index is 1160. The maximum absolute atomic E-state index is 12.4. The van der Waals surface area contributed by atoms with Crippen molar-refractivity contribution in [3.63, 3.8) is 0 Å². The first-order valence-electron chi connectivity index (χ1n) is 9.11. The first-order chi connectivity index (χ1) is 14.0. The van der Waals surface area contributed by atoms with Crippen LogP contribution in [0.3, 0.4) is 0 Å². The van der Waals surface area contributed by atoms with Crippen LogP contribution in [0.1, 0.15) is 27.4 Å². The van der Waals surface area contributed by atoms with Crippen LogP contribution in [0, 0.1) is 13.8 Å². The highest BCUT2D eigenvalue weighted by atomic mass is 35.5. The Kier molecular flexibility index (Phi) is 5.18. The molecule has 4 rings (SSSR count). The minimum atomic E-state index is -0.257. The van der Waals surface area contributed by atoms with E-state index in [0.717, 1.165) is 22.6 Å². The standard InChI is InChI=1S/C22H19ClN4O2/c1-14-11-24-27(12-14)13-20-15(2)29-22(26-20)16-7-9-17(10-8-16)25-21(28)18-5-3-4-6-19(18)23/h3-12H,13H2,1-2H3,(H,25,28). The molecule has 7 heteroatoms. The molecule has 1 N–H and O–H groups in total. The summed E-state index contributed by atoms with van der Waals surface area (Å²) in [4.78, 5) is 17.0. The number of aryl methyl sites for hydroxylation is 2. The van der Waals surface area contributed by atoms with Crippen LogP contribution in [0.4, 0.5) is 5.69 Å². The molecule has 2 heterocycles. The molecule has 0 aliphatic heterocycles. The quantitative estimate of drug-likeness (QED) is 0.500. The molecule has 0 aliphatic carbocycles. The van der Waals surface area contributed by atoms with E-state index in [1.165, 1.54) is 0 Å². The normalized spacial score (nSPS) is 10.9. The van der Waals surface area contributed by atoms with Crippen LogP contribution in [-0.2, 0) is 6.54 Å². The summed E-state index contributed by atoms with van der Waals surface area (Å²) in [5.41, 5.74) is 3.85. The van der Waals surface area contributed by atoms with Crippen molar-refractivity contribution in [2.45, 2.75) is 20.4 Å². The minimum Gasteiger partial charge on any atom is -0.441 e. The van der Waals surface area contributed by atoms with Crippen molar-refractivity contribution in [1.29, 1.82) is 0 Å². The third kappa shape index (κ3) is 4.22. The Morgan fingerprint density at radius 1 is 1.14 bits per heavy atom. The van der Waals surface area contributed by atoms with Gasteiger partial charge >= 0.3 is 0 Å². The number of aromatic nitrogens is 3. The lowest BCUT2D eigenvalue weighted by atomic mass is 10.2. The zero-order chi connectivity index (χ0) is 20.4. The lowest BCUT2D eigenvalue weighted by Crippen LogP contribution is -2.12. The van der Waals surface area contributed by atoms with Gasteiger partial charge in [0.25, 0.3) is 5.91 Å². The summed E-state index contributed by atoms with van der Waals surface area (Å²) in [6.45, 7) is 4.44. The number of hydrogen-bond acceptors (Lipinski definition) is 4. The number of nitrogens with zero attached hydrogens (tertiary/aromatic N) is 3. The second-order valence-electron chi connectivity index (χ2n) is 6.75. The second-order valence-corrected chi connectivity index (χ2v) is 7.16. The zero-order valence-corrected chi connectivity index (χ0v) is 16.8.